The molecule has 0 fully saturated rings. The van der Waals surface area contributed by atoms with Gasteiger partial charge in [0.15, 0.2) is 5.78 Å². The lowest BCUT2D eigenvalue weighted by Gasteiger charge is -2.27. The number of carbonyl (C=O) groups is 1. The number of phenolic OH excluding ortho intramolecular Hbond substituents is 2. The van der Waals surface area contributed by atoms with E-state index in [1.54, 1.807) is 36.4 Å². The molecule has 0 spiro atoms. The molecule has 1 aliphatic heterocycles. The summed E-state index contributed by atoms with van der Waals surface area (Å²) in [7, 11) is 0. The summed E-state index contributed by atoms with van der Waals surface area (Å²) in [4.78, 5) is 12.7. The van der Waals surface area contributed by atoms with Crippen LogP contribution in [0.3, 0.4) is 0 Å². The summed E-state index contributed by atoms with van der Waals surface area (Å²) < 4.78 is 6.18. The molecule has 29 heavy (non-hydrogen) atoms. The molecule has 2 N–H and O–H groups in total. The summed E-state index contributed by atoms with van der Waals surface area (Å²) in [5.74, 6) is 0.766. The zero-order valence-corrected chi connectivity index (χ0v) is 17.2. The third-order valence-electron chi connectivity index (χ3n) is 5.18. The van der Waals surface area contributed by atoms with Crippen molar-refractivity contribution in [3.63, 3.8) is 0 Å². The molecule has 152 valence electrons. The van der Waals surface area contributed by atoms with Gasteiger partial charge < -0.3 is 14.9 Å². The molecule has 1 heterocycles. The maximum absolute atomic E-state index is 12.7. The molecule has 0 aliphatic carbocycles. The summed E-state index contributed by atoms with van der Waals surface area (Å²) in [6, 6.07) is 9.89. The number of hydrogen-bond acceptors (Lipinski definition) is 4. The lowest BCUT2D eigenvalue weighted by Crippen LogP contribution is -2.21. The van der Waals surface area contributed by atoms with Crippen LogP contribution in [0.15, 0.2) is 59.7 Å². The van der Waals surface area contributed by atoms with E-state index in [2.05, 4.69) is 32.9 Å². The minimum absolute atomic E-state index is 0.00478. The van der Waals surface area contributed by atoms with Crippen molar-refractivity contribution in [3.8, 4) is 17.2 Å². The standard InChI is InChI=1S/C25H28O4/c1-16(2)5-4-6-17(3)7-12-20-22(27)14-13-21-23(28)15-24(29-25(20)21)18-8-10-19(26)11-9-18/h5,7-11,13-14,24,26-27H,4,6,12,15H2,1-3H3/b17-7+/t24-/m1/s1. The quantitative estimate of drug-likeness (QED) is 0.588. The number of ether oxygens (including phenoxy) is 1. The fraction of sp³-hybridized carbons (Fsp3) is 0.320. The number of benzene rings is 2. The highest BCUT2D eigenvalue weighted by Gasteiger charge is 2.30. The molecule has 0 amide bonds. The second-order valence-electron chi connectivity index (χ2n) is 7.84. The van der Waals surface area contributed by atoms with Crippen LogP contribution >= 0.6 is 0 Å². The number of phenols is 2. The Balaban J connectivity index is 1.85. The SMILES string of the molecule is CC(C)=CCC/C(C)=C/Cc1c(O)ccc2c1O[C@@H](c1ccc(O)cc1)CC2=O. The van der Waals surface area contributed by atoms with Crippen LogP contribution in [0.25, 0.3) is 0 Å². The fourth-order valence-corrected chi connectivity index (χ4v) is 3.47. The van der Waals surface area contributed by atoms with Crippen molar-refractivity contribution < 1.29 is 19.7 Å². The minimum atomic E-state index is -0.432. The van der Waals surface area contributed by atoms with Crippen molar-refractivity contribution in [2.75, 3.05) is 0 Å². The number of aromatic hydroxyl groups is 2. The lowest BCUT2D eigenvalue weighted by atomic mass is 9.93. The summed E-state index contributed by atoms with van der Waals surface area (Å²) >= 11 is 0. The summed E-state index contributed by atoms with van der Waals surface area (Å²) in [5.41, 5.74) is 4.52. The number of rotatable bonds is 6. The Morgan fingerprint density at radius 2 is 1.79 bits per heavy atom. The van der Waals surface area contributed by atoms with Gasteiger partial charge in [-0.1, -0.05) is 35.4 Å². The van der Waals surface area contributed by atoms with Gasteiger partial charge in [-0.3, -0.25) is 4.79 Å². The van der Waals surface area contributed by atoms with Crippen LogP contribution in [0, 0.1) is 0 Å². The van der Waals surface area contributed by atoms with E-state index in [0.717, 1.165) is 18.4 Å². The number of fused-ring (bicyclic) bond motifs is 1. The van der Waals surface area contributed by atoms with Gasteiger partial charge in [0.2, 0.25) is 0 Å². The van der Waals surface area contributed by atoms with E-state index in [1.807, 2.05) is 0 Å². The van der Waals surface area contributed by atoms with Gasteiger partial charge in [0, 0.05) is 5.56 Å². The number of ketones is 1. The first-order valence-electron chi connectivity index (χ1n) is 9.97. The summed E-state index contributed by atoms with van der Waals surface area (Å²) in [5, 5.41) is 20.0. The van der Waals surface area contributed by atoms with E-state index in [1.165, 1.54) is 11.1 Å². The lowest BCUT2D eigenvalue weighted by molar-refractivity contribution is 0.0847. The molecule has 2 aromatic rings. The smallest absolute Gasteiger partial charge is 0.170 e. The monoisotopic (exact) mass is 392 g/mol. The van der Waals surface area contributed by atoms with Gasteiger partial charge in [0.05, 0.1) is 12.0 Å². The zero-order valence-electron chi connectivity index (χ0n) is 17.2. The second kappa shape index (κ2) is 8.99. The van der Waals surface area contributed by atoms with Crippen LogP contribution in [0.5, 0.6) is 17.2 Å². The molecule has 4 heteroatoms. The third kappa shape index (κ3) is 5.08. The normalized spacial score (nSPS) is 16.2. The molecule has 2 aromatic carbocycles. The molecule has 4 nitrogen and oxygen atoms in total. The second-order valence-corrected chi connectivity index (χ2v) is 7.84. The largest absolute Gasteiger partial charge is 0.508 e. The molecule has 0 bridgehead atoms. The highest BCUT2D eigenvalue weighted by molar-refractivity contribution is 6.00. The van der Waals surface area contributed by atoms with Crippen molar-refractivity contribution in [2.45, 2.75) is 52.6 Å². The molecule has 0 radical (unpaired) electrons. The van der Waals surface area contributed by atoms with Crippen LogP contribution in [-0.4, -0.2) is 16.0 Å². The van der Waals surface area contributed by atoms with Crippen LogP contribution in [0.1, 0.15) is 67.6 Å². The van der Waals surface area contributed by atoms with Gasteiger partial charge in [-0.15, -0.1) is 0 Å². The molecule has 0 saturated heterocycles. The van der Waals surface area contributed by atoms with Crippen molar-refractivity contribution >= 4 is 5.78 Å². The first kappa shape index (κ1) is 20.7. The van der Waals surface area contributed by atoms with Gasteiger partial charge in [0.25, 0.3) is 0 Å². The van der Waals surface area contributed by atoms with Gasteiger partial charge in [0.1, 0.15) is 23.4 Å². The van der Waals surface area contributed by atoms with E-state index in [9.17, 15) is 15.0 Å². The predicted molar refractivity (Wildman–Crippen MR) is 115 cm³/mol. The molecule has 1 aliphatic rings. The van der Waals surface area contributed by atoms with Gasteiger partial charge >= 0.3 is 0 Å². The molecule has 0 unspecified atom stereocenters. The van der Waals surface area contributed by atoms with Crippen molar-refractivity contribution in [1.82, 2.24) is 0 Å². The van der Waals surface area contributed by atoms with Crippen LogP contribution in [0.2, 0.25) is 0 Å². The van der Waals surface area contributed by atoms with Gasteiger partial charge in [-0.25, -0.2) is 0 Å². The van der Waals surface area contributed by atoms with Gasteiger partial charge in [-0.05, 0) is 69.9 Å². The zero-order chi connectivity index (χ0) is 21.0. The molecule has 3 rings (SSSR count). The number of allylic oxidation sites excluding steroid dienone is 4. The first-order chi connectivity index (χ1) is 13.8. The Hall–Kier alpha value is -3.01. The van der Waals surface area contributed by atoms with Crippen molar-refractivity contribution in [2.24, 2.45) is 0 Å². The van der Waals surface area contributed by atoms with Crippen LogP contribution in [0.4, 0.5) is 0 Å². The Morgan fingerprint density at radius 1 is 1.07 bits per heavy atom. The Morgan fingerprint density at radius 3 is 2.48 bits per heavy atom. The maximum atomic E-state index is 12.7. The predicted octanol–water partition coefficient (Wildman–Crippen LogP) is 6.04. The average molecular weight is 392 g/mol. The molecular weight excluding hydrogens is 364 g/mol. The van der Waals surface area contributed by atoms with Gasteiger partial charge in [-0.2, -0.15) is 0 Å². The molecular formula is C25H28O4. The number of hydrogen-bond donors (Lipinski definition) is 2. The Kier molecular flexibility index (Phi) is 6.42. The minimum Gasteiger partial charge on any atom is -0.508 e. The number of Topliss-reactive ketones (excluding diaryl/α,β-unsaturated/α-hetero) is 1. The Labute approximate surface area is 172 Å². The first-order valence-corrected chi connectivity index (χ1v) is 9.97. The van der Waals surface area contributed by atoms with E-state index < -0.39 is 6.10 Å². The van der Waals surface area contributed by atoms with Crippen LogP contribution in [-0.2, 0) is 6.42 Å². The van der Waals surface area contributed by atoms with E-state index >= 15 is 0 Å². The summed E-state index contributed by atoms with van der Waals surface area (Å²) in [6.45, 7) is 6.26. The maximum Gasteiger partial charge on any atom is 0.170 e. The van der Waals surface area contributed by atoms with Crippen molar-refractivity contribution in [1.29, 1.82) is 0 Å². The third-order valence-corrected chi connectivity index (χ3v) is 5.18. The fourth-order valence-electron chi connectivity index (χ4n) is 3.47. The Bertz CT molecular complexity index is 948. The highest BCUT2D eigenvalue weighted by atomic mass is 16.5. The average Bonchev–Trinajstić information content (AvgIpc) is 2.67. The number of carbonyl (C=O) groups excluding carboxylic acids is 1. The molecule has 1 atom stereocenters. The topological polar surface area (TPSA) is 66.8 Å². The highest BCUT2D eigenvalue weighted by Crippen LogP contribution is 2.41. The molecule has 0 saturated carbocycles. The molecule has 0 aromatic heterocycles. The summed E-state index contributed by atoms with van der Waals surface area (Å²) in [6.07, 6.45) is 6.55. The van der Waals surface area contributed by atoms with Crippen molar-refractivity contribution in [3.05, 3.63) is 76.4 Å². The van der Waals surface area contributed by atoms with E-state index in [4.69, 9.17) is 4.74 Å². The van der Waals surface area contributed by atoms with E-state index in [0.29, 0.717) is 23.3 Å². The van der Waals surface area contributed by atoms with Crippen LogP contribution < -0.4 is 4.74 Å². The van der Waals surface area contributed by atoms with E-state index in [-0.39, 0.29) is 23.7 Å².